The van der Waals surface area contributed by atoms with E-state index >= 15 is 0 Å². The number of benzene rings is 1. The smallest absolute Gasteiger partial charge is 0.384 e. The second-order valence-electron chi connectivity index (χ2n) is 4.92. The summed E-state index contributed by atoms with van der Waals surface area (Å²) in [5, 5.41) is 5.38. The Hall–Kier alpha value is -1.72. The van der Waals surface area contributed by atoms with Crippen molar-refractivity contribution in [2.24, 2.45) is 0 Å². The summed E-state index contributed by atoms with van der Waals surface area (Å²) in [6.45, 7) is 5.81. The van der Waals surface area contributed by atoms with Crippen molar-refractivity contribution in [3.8, 4) is 0 Å². The number of carbonyl (C=O) groups excluding carboxylic acids is 1. The molecule has 0 saturated carbocycles. The molecule has 0 bridgehead atoms. The lowest BCUT2D eigenvalue weighted by Gasteiger charge is -2.19. The van der Waals surface area contributed by atoms with Crippen LogP contribution in [0.5, 0.6) is 0 Å². The van der Waals surface area contributed by atoms with Gasteiger partial charge in [0, 0.05) is 12.6 Å². The quantitative estimate of drug-likeness (QED) is 0.832. The van der Waals surface area contributed by atoms with Crippen molar-refractivity contribution < 1.29 is 18.0 Å². The predicted octanol–water partition coefficient (Wildman–Crippen LogP) is 4.06. The van der Waals surface area contributed by atoms with Crippen LogP contribution < -0.4 is 10.6 Å². The van der Waals surface area contributed by atoms with Crippen LogP contribution in [0, 0.1) is 0 Å². The molecule has 0 aliphatic heterocycles. The third-order valence-corrected chi connectivity index (χ3v) is 3.07. The van der Waals surface area contributed by atoms with Crippen LogP contribution in [0.4, 0.5) is 18.9 Å². The summed E-state index contributed by atoms with van der Waals surface area (Å²) < 4.78 is 39.1. The number of anilines is 1. The SMILES string of the molecule is CCCC(C)NC(=O)c1cccc(C(F)(F)F)c1NCC. The van der Waals surface area contributed by atoms with Gasteiger partial charge in [0.15, 0.2) is 0 Å². The molecule has 118 valence electrons. The minimum atomic E-state index is -4.50. The number of nitrogens with one attached hydrogen (secondary N) is 2. The second-order valence-corrected chi connectivity index (χ2v) is 4.92. The summed E-state index contributed by atoms with van der Waals surface area (Å²) in [5.41, 5.74) is -0.955. The van der Waals surface area contributed by atoms with Gasteiger partial charge >= 0.3 is 6.18 Å². The van der Waals surface area contributed by atoms with Crippen LogP contribution >= 0.6 is 0 Å². The van der Waals surface area contributed by atoms with Crippen LogP contribution in [0.2, 0.25) is 0 Å². The molecule has 1 aromatic rings. The Morgan fingerprint density at radius 1 is 1.29 bits per heavy atom. The summed E-state index contributed by atoms with van der Waals surface area (Å²) in [4.78, 5) is 12.2. The van der Waals surface area contributed by atoms with Crippen molar-refractivity contribution in [3.63, 3.8) is 0 Å². The van der Waals surface area contributed by atoms with E-state index in [4.69, 9.17) is 0 Å². The molecule has 0 fully saturated rings. The van der Waals surface area contributed by atoms with E-state index in [1.807, 2.05) is 13.8 Å². The van der Waals surface area contributed by atoms with Gasteiger partial charge in [-0.1, -0.05) is 19.4 Å². The highest BCUT2D eigenvalue weighted by Crippen LogP contribution is 2.36. The Kier molecular flexibility index (Phi) is 6.05. The van der Waals surface area contributed by atoms with Gasteiger partial charge in [-0.3, -0.25) is 4.79 Å². The summed E-state index contributed by atoms with van der Waals surface area (Å²) in [6, 6.07) is 3.56. The highest BCUT2D eigenvalue weighted by molar-refractivity contribution is 6.00. The molecule has 3 nitrogen and oxygen atoms in total. The molecule has 0 aromatic heterocycles. The van der Waals surface area contributed by atoms with Gasteiger partial charge in [0.2, 0.25) is 0 Å². The van der Waals surface area contributed by atoms with E-state index in [1.54, 1.807) is 6.92 Å². The molecule has 0 aliphatic rings. The molecule has 1 aromatic carbocycles. The van der Waals surface area contributed by atoms with Gasteiger partial charge in [0.25, 0.3) is 5.91 Å². The topological polar surface area (TPSA) is 41.1 Å². The van der Waals surface area contributed by atoms with Gasteiger partial charge in [-0.15, -0.1) is 0 Å². The standard InChI is InChI=1S/C15H21F3N2O/c1-4-7-10(3)20-14(21)11-8-6-9-12(15(16,17)18)13(11)19-5-2/h6,8-10,19H,4-5,7H2,1-3H3,(H,20,21). The molecule has 0 spiro atoms. The maximum atomic E-state index is 13.0. The van der Waals surface area contributed by atoms with Gasteiger partial charge in [-0.05, 0) is 32.4 Å². The zero-order valence-corrected chi connectivity index (χ0v) is 12.5. The first-order valence-electron chi connectivity index (χ1n) is 7.06. The molecule has 1 rings (SSSR count). The van der Waals surface area contributed by atoms with Gasteiger partial charge < -0.3 is 10.6 Å². The van der Waals surface area contributed by atoms with Crippen molar-refractivity contribution >= 4 is 11.6 Å². The second kappa shape index (κ2) is 7.33. The average Bonchev–Trinajstić information content (AvgIpc) is 2.38. The Balaban J connectivity index is 3.14. The number of halogens is 3. The summed E-state index contributed by atoms with van der Waals surface area (Å²) in [6.07, 6.45) is -2.83. The molecule has 0 radical (unpaired) electrons. The fourth-order valence-electron chi connectivity index (χ4n) is 2.15. The average molecular weight is 302 g/mol. The zero-order chi connectivity index (χ0) is 16.0. The van der Waals surface area contributed by atoms with E-state index in [0.29, 0.717) is 6.54 Å². The van der Waals surface area contributed by atoms with E-state index in [-0.39, 0.29) is 17.3 Å². The fourth-order valence-corrected chi connectivity index (χ4v) is 2.15. The number of hydrogen-bond acceptors (Lipinski definition) is 2. The van der Waals surface area contributed by atoms with Crippen LogP contribution in [0.3, 0.4) is 0 Å². The molecular weight excluding hydrogens is 281 g/mol. The zero-order valence-electron chi connectivity index (χ0n) is 12.5. The normalized spacial score (nSPS) is 12.9. The van der Waals surface area contributed by atoms with Crippen LogP contribution in [0.15, 0.2) is 18.2 Å². The Bertz CT molecular complexity index is 486. The van der Waals surface area contributed by atoms with Crippen molar-refractivity contribution in [2.75, 3.05) is 11.9 Å². The molecule has 1 unspecified atom stereocenters. The van der Waals surface area contributed by atoms with E-state index in [2.05, 4.69) is 10.6 Å². The first-order chi connectivity index (χ1) is 9.81. The lowest BCUT2D eigenvalue weighted by Crippen LogP contribution is -2.33. The molecule has 1 atom stereocenters. The third kappa shape index (κ3) is 4.65. The highest BCUT2D eigenvalue weighted by Gasteiger charge is 2.35. The number of amides is 1. The molecule has 1 amide bonds. The monoisotopic (exact) mass is 302 g/mol. The maximum Gasteiger partial charge on any atom is 0.418 e. The maximum absolute atomic E-state index is 13.0. The van der Waals surface area contributed by atoms with Crippen molar-refractivity contribution in [3.05, 3.63) is 29.3 Å². The van der Waals surface area contributed by atoms with Crippen molar-refractivity contribution in [1.82, 2.24) is 5.32 Å². The van der Waals surface area contributed by atoms with Crippen LogP contribution in [-0.2, 0) is 6.18 Å². The fraction of sp³-hybridized carbons (Fsp3) is 0.533. The minimum absolute atomic E-state index is 0.0228. The molecule has 21 heavy (non-hydrogen) atoms. The van der Waals surface area contributed by atoms with Crippen LogP contribution in [0.25, 0.3) is 0 Å². The molecule has 0 saturated heterocycles. The summed E-state index contributed by atoms with van der Waals surface area (Å²) in [7, 11) is 0. The van der Waals surface area contributed by atoms with Gasteiger partial charge in [-0.2, -0.15) is 13.2 Å². The largest absolute Gasteiger partial charge is 0.418 e. The summed E-state index contributed by atoms with van der Waals surface area (Å²) >= 11 is 0. The number of carbonyl (C=O) groups is 1. The highest BCUT2D eigenvalue weighted by atomic mass is 19.4. The van der Waals surface area contributed by atoms with Crippen LogP contribution in [-0.4, -0.2) is 18.5 Å². The first-order valence-corrected chi connectivity index (χ1v) is 7.06. The lowest BCUT2D eigenvalue weighted by atomic mass is 10.0. The molecule has 0 aliphatic carbocycles. The Morgan fingerprint density at radius 2 is 1.95 bits per heavy atom. The molecular formula is C15H21F3N2O. The van der Waals surface area contributed by atoms with Gasteiger partial charge in [0.1, 0.15) is 0 Å². The van der Waals surface area contributed by atoms with Gasteiger partial charge in [-0.25, -0.2) is 0 Å². The predicted molar refractivity (Wildman–Crippen MR) is 77.4 cm³/mol. The van der Waals surface area contributed by atoms with E-state index in [9.17, 15) is 18.0 Å². The number of hydrogen-bond donors (Lipinski definition) is 2. The number of para-hydroxylation sites is 1. The Morgan fingerprint density at radius 3 is 2.48 bits per heavy atom. The minimum Gasteiger partial charge on any atom is -0.384 e. The van der Waals surface area contributed by atoms with E-state index in [0.717, 1.165) is 18.9 Å². The van der Waals surface area contributed by atoms with E-state index < -0.39 is 17.6 Å². The van der Waals surface area contributed by atoms with E-state index in [1.165, 1.54) is 12.1 Å². The molecule has 6 heteroatoms. The first kappa shape index (κ1) is 17.3. The van der Waals surface area contributed by atoms with Gasteiger partial charge in [0.05, 0.1) is 16.8 Å². The molecule has 2 N–H and O–H groups in total. The number of alkyl halides is 3. The van der Waals surface area contributed by atoms with Crippen molar-refractivity contribution in [2.45, 2.75) is 45.8 Å². The third-order valence-electron chi connectivity index (χ3n) is 3.07. The summed E-state index contributed by atoms with van der Waals surface area (Å²) in [5.74, 6) is -0.488. The molecule has 0 heterocycles. The Labute approximate surface area is 122 Å². The lowest BCUT2D eigenvalue weighted by molar-refractivity contribution is -0.137. The van der Waals surface area contributed by atoms with Crippen LogP contribution in [0.1, 0.15) is 49.5 Å². The number of rotatable bonds is 6. The van der Waals surface area contributed by atoms with Crippen molar-refractivity contribution in [1.29, 1.82) is 0 Å².